The molecule has 0 aliphatic rings. The summed E-state index contributed by atoms with van der Waals surface area (Å²) in [7, 11) is 1.54. The second kappa shape index (κ2) is 12.4. The van der Waals surface area contributed by atoms with Crippen molar-refractivity contribution >= 4 is 6.21 Å². The molecule has 0 unspecified atom stereocenters. The molecule has 24 heavy (non-hydrogen) atoms. The van der Waals surface area contributed by atoms with E-state index in [4.69, 9.17) is 9.47 Å². The van der Waals surface area contributed by atoms with Crippen LogP contribution in [0.2, 0.25) is 0 Å². The summed E-state index contributed by atoms with van der Waals surface area (Å²) in [5, 5.41) is 6.94. The topological polar surface area (TPSA) is 52.1 Å². The molecule has 0 fully saturated rings. The maximum Gasteiger partial charge on any atom is 0.125 e. The van der Waals surface area contributed by atoms with Gasteiger partial charge in [-0.05, 0) is 63.4 Å². The minimum Gasteiger partial charge on any atom is -0.493 e. The number of hydrogen-bond donors (Lipinski definition) is 1. The first kappa shape index (κ1) is 20.0. The van der Waals surface area contributed by atoms with Crippen LogP contribution in [0.3, 0.4) is 0 Å². The molecule has 0 saturated heterocycles. The zero-order valence-corrected chi connectivity index (χ0v) is 15.3. The Hall–Kier alpha value is -2.01. The van der Waals surface area contributed by atoms with Gasteiger partial charge in [-0.3, -0.25) is 0 Å². The molecule has 5 heteroatoms. The predicted molar refractivity (Wildman–Crippen MR) is 99.3 cm³/mol. The Kier molecular flexibility index (Phi) is 10.4. The van der Waals surface area contributed by atoms with Crippen molar-refractivity contribution in [3.05, 3.63) is 35.4 Å². The molecule has 134 valence electrons. The van der Waals surface area contributed by atoms with Crippen LogP contribution in [-0.4, -0.2) is 39.6 Å². The lowest BCUT2D eigenvalue weighted by atomic mass is 10.1. The van der Waals surface area contributed by atoms with Crippen LogP contribution in [-0.2, 0) is 4.84 Å². The molecule has 1 rings (SSSR count). The third-order valence-electron chi connectivity index (χ3n) is 3.43. The zero-order chi connectivity index (χ0) is 17.6. The van der Waals surface area contributed by atoms with Crippen molar-refractivity contribution < 1.29 is 14.3 Å². The van der Waals surface area contributed by atoms with Crippen LogP contribution in [0.4, 0.5) is 0 Å². The van der Waals surface area contributed by atoms with Crippen LogP contribution in [0.5, 0.6) is 11.5 Å². The molecule has 0 bridgehead atoms. The van der Waals surface area contributed by atoms with Gasteiger partial charge in [0.25, 0.3) is 0 Å². The summed E-state index contributed by atoms with van der Waals surface area (Å²) in [6, 6.07) is 4.06. The molecule has 0 heterocycles. The number of unbranched alkanes of at least 4 members (excludes halogenated alkanes) is 1. The van der Waals surface area contributed by atoms with Crippen molar-refractivity contribution in [2.24, 2.45) is 5.16 Å². The van der Waals surface area contributed by atoms with E-state index in [0.717, 1.165) is 48.6 Å². The van der Waals surface area contributed by atoms with Crippen LogP contribution >= 0.6 is 0 Å². The third kappa shape index (κ3) is 8.02. The summed E-state index contributed by atoms with van der Waals surface area (Å²) in [5.41, 5.74) is 2.22. The smallest absolute Gasteiger partial charge is 0.125 e. The molecule has 1 aromatic carbocycles. The molecule has 0 spiro atoms. The number of allylic oxidation sites excluding steroid dienone is 1. The summed E-state index contributed by atoms with van der Waals surface area (Å²) in [4.78, 5) is 4.59. The predicted octanol–water partition coefficient (Wildman–Crippen LogP) is 3.64. The van der Waals surface area contributed by atoms with Crippen molar-refractivity contribution in [2.75, 3.05) is 33.4 Å². The van der Waals surface area contributed by atoms with E-state index >= 15 is 0 Å². The van der Waals surface area contributed by atoms with Gasteiger partial charge in [0.1, 0.15) is 25.2 Å². The second-order valence-electron chi connectivity index (χ2n) is 5.50. The van der Waals surface area contributed by atoms with Crippen LogP contribution in [0.15, 0.2) is 29.4 Å². The number of oxime groups is 1. The Morgan fingerprint density at radius 1 is 1.12 bits per heavy atom. The van der Waals surface area contributed by atoms with Gasteiger partial charge in [0.2, 0.25) is 0 Å². The van der Waals surface area contributed by atoms with Crippen LogP contribution in [0.25, 0.3) is 0 Å². The van der Waals surface area contributed by atoms with E-state index in [2.05, 4.69) is 29.2 Å². The van der Waals surface area contributed by atoms with E-state index in [-0.39, 0.29) is 0 Å². The average molecular weight is 334 g/mol. The maximum atomic E-state index is 5.95. The molecule has 0 amide bonds. The zero-order valence-electron chi connectivity index (χ0n) is 15.3. The number of ether oxygens (including phenoxy) is 2. The lowest BCUT2D eigenvalue weighted by Gasteiger charge is -2.14. The highest BCUT2D eigenvalue weighted by molar-refractivity contribution is 5.58. The van der Waals surface area contributed by atoms with Gasteiger partial charge >= 0.3 is 0 Å². The maximum absolute atomic E-state index is 5.95. The number of benzene rings is 1. The van der Waals surface area contributed by atoms with E-state index in [9.17, 15) is 0 Å². The SMILES string of the molecule is C/C=C/COc1cc(C)c(OCCCCNC/C=N/OC)c(C)c1. The van der Waals surface area contributed by atoms with Gasteiger partial charge in [0.05, 0.1) is 12.8 Å². The van der Waals surface area contributed by atoms with Crippen LogP contribution < -0.4 is 14.8 Å². The summed E-state index contributed by atoms with van der Waals surface area (Å²) >= 11 is 0. The monoisotopic (exact) mass is 334 g/mol. The highest BCUT2D eigenvalue weighted by atomic mass is 16.6. The van der Waals surface area contributed by atoms with Gasteiger partial charge in [0.15, 0.2) is 0 Å². The minimum absolute atomic E-state index is 0.595. The van der Waals surface area contributed by atoms with E-state index in [1.54, 1.807) is 13.3 Å². The number of nitrogens with zero attached hydrogens (tertiary/aromatic N) is 1. The molecule has 1 aromatic rings. The lowest BCUT2D eigenvalue weighted by molar-refractivity contribution is 0.214. The Balaban J connectivity index is 2.31. The van der Waals surface area contributed by atoms with E-state index in [1.165, 1.54) is 0 Å². The summed E-state index contributed by atoms with van der Waals surface area (Å²) in [5.74, 6) is 1.85. The molecule has 5 nitrogen and oxygen atoms in total. The van der Waals surface area contributed by atoms with Crippen molar-refractivity contribution in [2.45, 2.75) is 33.6 Å². The lowest BCUT2D eigenvalue weighted by Crippen LogP contribution is -2.18. The Labute approximate surface area is 145 Å². The van der Waals surface area contributed by atoms with E-state index in [1.807, 2.05) is 31.2 Å². The Bertz CT molecular complexity index is 504. The molecule has 0 aliphatic carbocycles. The normalized spacial score (nSPS) is 11.3. The molecule has 0 atom stereocenters. The summed E-state index contributed by atoms with van der Waals surface area (Å²) < 4.78 is 11.6. The molecule has 0 radical (unpaired) electrons. The first-order valence-corrected chi connectivity index (χ1v) is 8.42. The quantitative estimate of drug-likeness (QED) is 0.274. The standard InChI is InChI=1S/C19H30N2O3/c1-5-6-12-23-18-14-16(2)19(17(3)15-18)24-13-8-7-9-20-10-11-21-22-4/h5-6,11,14-15,20H,7-10,12-13H2,1-4H3/b6-5+,21-11+. The highest BCUT2D eigenvalue weighted by Crippen LogP contribution is 2.28. The fourth-order valence-corrected chi connectivity index (χ4v) is 2.27. The summed E-state index contributed by atoms with van der Waals surface area (Å²) in [6.07, 6.45) is 7.75. The van der Waals surface area contributed by atoms with Gasteiger partial charge in [-0.1, -0.05) is 17.3 Å². The highest BCUT2D eigenvalue weighted by Gasteiger charge is 2.07. The van der Waals surface area contributed by atoms with Crippen molar-refractivity contribution in [3.63, 3.8) is 0 Å². The Morgan fingerprint density at radius 3 is 2.54 bits per heavy atom. The van der Waals surface area contributed by atoms with Gasteiger partial charge in [-0.15, -0.1) is 0 Å². The van der Waals surface area contributed by atoms with E-state index in [0.29, 0.717) is 13.2 Å². The number of aryl methyl sites for hydroxylation is 2. The van der Waals surface area contributed by atoms with Crippen molar-refractivity contribution in [1.82, 2.24) is 5.32 Å². The van der Waals surface area contributed by atoms with Gasteiger partial charge < -0.3 is 19.6 Å². The molecule has 0 saturated carbocycles. The molecular formula is C19H30N2O3. The van der Waals surface area contributed by atoms with Crippen molar-refractivity contribution in [3.8, 4) is 11.5 Å². The Morgan fingerprint density at radius 2 is 1.88 bits per heavy atom. The number of hydrogen-bond acceptors (Lipinski definition) is 5. The minimum atomic E-state index is 0.595. The van der Waals surface area contributed by atoms with E-state index < -0.39 is 0 Å². The largest absolute Gasteiger partial charge is 0.493 e. The first-order chi connectivity index (χ1) is 11.7. The van der Waals surface area contributed by atoms with Gasteiger partial charge in [0, 0.05) is 6.54 Å². The fourth-order valence-electron chi connectivity index (χ4n) is 2.27. The fraction of sp³-hybridized carbons (Fsp3) is 0.526. The molecular weight excluding hydrogens is 304 g/mol. The molecule has 0 aromatic heterocycles. The first-order valence-electron chi connectivity index (χ1n) is 8.42. The number of rotatable bonds is 12. The van der Waals surface area contributed by atoms with Gasteiger partial charge in [-0.2, -0.15) is 0 Å². The summed E-state index contributed by atoms with van der Waals surface area (Å²) in [6.45, 7) is 9.07. The van der Waals surface area contributed by atoms with Crippen LogP contribution in [0, 0.1) is 13.8 Å². The average Bonchev–Trinajstić information content (AvgIpc) is 2.55. The second-order valence-corrected chi connectivity index (χ2v) is 5.50. The van der Waals surface area contributed by atoms with Crippen molar-refractivity contribution in [1.29, 1.82) is 0 Å². The van der Waals surface area contributed by atoms with Gasteiger partial charge in [-0.25, -0.2) is 0 Å². The van der Waals surface area contributed by atoms with Crippen LogP contribution in [0.1, 0.15) is 30.9 Å². The molecule has 1 N–H and O–H groups in total. The molecule has 0 aliphatic heterocycles. The third-order valence-corrected chi connectivity index (χ3v) is 3.43. The number of nitrogens with one attached hydrogen (secondary N) is 1.